The molecule has 2 rings (SSSR count). The second-order valence-corrected chi connectivity index (χ2v) is 6.15. The van der Waals surface area contributed by atoms with Crippen molar-refractivity contribution in [3.63, 3.8) is 0 Å². The number of hydrogen-bond donors (Lipinski definition) is 1. The minimum Gasteiger partial charge on any atom is -0.368 e. The van der Waals surface area contributed by atoms with Crippen molar-refractivity contribution in [3.05, 3.63) is 29.3 Å². The molecule has 106 valence electrons. The van der Waals surface area contributed by atoms with Gasteiger partial charge in [-0.05, 0) is 52.1 Å². The lowest BCUT2D eigenvalue weighted by Gasteiger charge is -2.40. The topological polar surface area (TPSA) is 18.5 Å². The second kappa shape index (κ2) is 5.93. The molecule has 2 unspecified atom stereocenters. The molecule has 1 saturated heterocycles. The normalized spacial score (nSPS) is 24.0. The standard InChI is InChI=1S/C16H27N3/c1-12-7-6-8-16(14(12)3)19-9-13(2)17-15(11-19)10-18(4)5/h6-8,13,15,17H,9-11H2,1-5H3. The largest absolute Gasteiger partial charge is 0.368 e. The van der Waals surface area contributed by atoms with Crippen LogP contribution in [0.4, 0.5) is 5.69 Å². The summed E-state index contributed by atoms with van der Waals surface area (Å²) in [5, 5.41) is 3.70. The highest BCUT2D eigenvalue weighted by atomic mass is 15.2. The molecular formula is C16H27N3. The van der Waals surface area contributed by atoms with E-state index in [-0.39, 0.29) is 0 Å². The minimum absolute atomic E-state index is 0.540. The number of rotatable bonds is 3. The van der Waals surface area contributed by atoms with E-state index in [1.807, 2.05) is 0 Å². The maximum absolute atomic E-state index is 3.70. The first-order chi connectivity index (χ1) is 8.97. The molecule has 1 fully saturated rings. The highest BCUT2D eigenvalue weighted by Gasteiger charge is 2.25. The number of aryl methyl sites for hydroxylation is 1. The Hall–Kier alpha value is -1.06. The van der Waals surface area contributed by atoms with E-state index in [0.717, 1.165) is 19.6 Å². The smallest absolute Gasteiger partial charge is 0.0399 e. The van der Waals surface area contributed by atoms with E-state index in [2.05, 4.69) is 68.2 Å². The van der Waals surface area contributed by atoms with E-state index >= 15 is 0 Å². The van der Waals surface area contributed by atoms with Gasteiger partial charge in [0, 0.05) is 37.4 Å². The first-order valence-electron chi connectivity index (χ1n) is 7.19. The predicted octanol–water partition coefficient (Wildman–Crippen LogP) is 2.03. The Labute approximate surface area is 117 Å². The molecule has 1 heterocycles. The van der Waals surface area contributed by atoms with Gasteiger partial charge in [-0.2, -0.15) is 0 Å². The first-order valence-corrected chi connectivity index (χ1v) is 7.19. The van der Waals surface area contributed by atoms with Crippen LogP contribution in [0.2, 0.25) is 0 Å². The fourth-order valence-corrected chi connectivity index (χ4v) is 3.01. The molecule has 1 aromatic rings. The minimum atomic E-state index is 0.540. The van der Waals surface area contributed by atoms with Gasteiger partial charge in [0.15, 0.2) is 0 Å². The van der Waals surface area contributed by atoms with Gasteiger partial charge in [-0.1, -0.05) is 12.1 Å². The van der Waals surface area contributed by atoms with Crippen LogP contribution < -0.4 is 10.2 Å². The molecule has 1 aliphatic rings. The molecule has 0 saturated carbocycles. The van der Waals surface area contributed by atoms with Crippen LogP contribution >= 0.6 is 0 Å². The average Bonchev–Trinajstić information content (AvgIpc) is 2.31. The summed E-state index contributed by atoms with van der Waals surface area (Å²) in [7, 11) is 4.28. The summed E-state index contributed by atoms with van der Waals surface area (Å²) in [5.41, 5.74) is 4.20. The van der Waals surface area contributed by atoms with E-state index in [1.54, 1.807) is 0 Å². The van der Waals surface area contributed by atoms with Crippen molar-refractivity contribution in [1.29, 1.82) is 0 Å². The highest BCUT2D eigenvalue weighted by molar-refractivity contribution is 5.56. The van der Waals surface area contributed by atoms with Gasteiger partial charge in [0.1, 0.15) is 0 Å². The van der Waals surface area contributed by atoms with Crippen molar-refractivity contribution < 1.29 is 0 Å². The molecular weight excluding hydrogens is 234 g/mol. The quantitative estimate of drug-likeness (QED) is 0.898. The number of anilines is 1. The monoisotopic (exact) mass is 261 g/mol. The van der Waals surface area contributed by atoms with Gasteiger partial charge in [0.05, 0.1) is 0 Å². The Bertz CT molecular complexity index is 426. The molecule has 0 radical (unpaired) electrons. The molecule has 0 bridgehead atoms. The highest BCUT2D eigenvalue weighted by Crippen LogP contribution is 2.24. The maximum atomic E-state index is 3.70. The Kier molecular flexibility index (Phi) is 4.48. The van der Waals surface area contributed by atoms with Crippen molar-refractivity contribution >= 4 is 5.69 Å². The van der Waals surface area contributed by atoms with Crippen LogP contribution in [0.25, 0.3) is 0 Å². The van der Waals surface area contributed by atoms with Crippen molar-refractivity contribution in [2.45, 2.75) is 32.9 Å². The Morgan fingerprint density at radius 2 is 2.00 bits per heavy atom. The molecule has 0 amide bonds. The van der Waals surface area contributed by atoms with Crippen LogP contribution in [0, 0.1) is 13.8 Å². The number of hydrogen-bond acceptors (Lipinski definition) is 3. The molecule has 1 aromatic carbocycles. The zero-order valence-electron chi connectivity index (χ0n) is 12.9. The zero-order chi connectivity index (χ0) is 14.0. The maximum Gasteiger partial charge on any atom is 0.0399 e. The van der Waals surface area contributed by atoms with Gasteiger partial charge in [0.2, 0.25) is 0 Å². The van der Waals surface area contributed by atoms with Crippen LogP contribution in [0.3, 0.4) is 0 Å². The SMILES string of the molecule is Cc1cccc(N2CC(C)NC(CN(C)C)C2)c1C. The number of nitrogens with zero attached hydrogens (tertiary/aromatic N) is 2. The van der Waals surface area contributed by atoms with Crippen molar-refractivity contribution in [3.8, 4) is 0 Å². The lowest BCUT2D eigenvalue weighted by atomic mass is 10.0. The lowest BCUT2D eigenvalue weighted by molar-refractivity contribution is 0.297. The Morgan fingerprint density at radius 3 is 2.68 bits per heavy atom. The van der Waals surface area contributed by atoms with Gasteiger partial charge < -0.3 is 15.1 Å². The summed E-state index contributed by atoms with van der Waals surface area (Å²) in [6.45, 7) is 9.98. The Balaban J connectivity index is 2.17. The number of benzene rings is 1. The van der Waals surface area contributed by atoms with Crippen molar-refractivity contribution in [2.24, 2.45) is 0 Å². The van der Waals surface area contributed by atoms with Crippen LogP contribution in [-0.2, 0) is 0 Å². The van der Waals surface area contributed by atoms with E-state index in [4.69, 9.17) is 0 Å². The van der Waals surface area contributed by atoms with Crippen molar-refractivity contribution in [2.75, 3.05) is 38.6 Å². The fraction of sp³-hybridized carbons (Fsp3) is 0.625. The zero-order valence-corrected chi connectivity index (χ0v) is 12.9. The summed E-state index contributed by atoms with van der Waals surface area (Å²) in [5.74, 6) is 0. The molecule has 19 heavy (non-hydrogen) atoms. The van der Waals surface area contributed by atoms with Gasteiger partial charge in [-0.15, -0.1) is 0 Å². The first kappa shape index (κ1) is 14.4. The number of likely N-dealkylation sites (N-methyl/N-ethyl adjacent to an activating group) is 1. The molecule has 1 aliphatic heterocycles. The van der Waals surface area contributed by atoms with Crippen LogP contribution in [0.1, 0.15) is 18.1 Å². The summed E-state index contributed by atoms with van der Waals surface area (Å²) in [6.07, 6.45) is 0. The van der Waals surface area contributed by atoms with Gasteiger partial charge in [0.25, 0.3) is 0 Å². The Morgan fingerprint density at radius 1 is 1.26 bits per heavy atom. The number of piperazine rings is 1. The fourth-order valence-electron chi connectivity index (χ4n) is 3.01. The predicted molar refractivity (Wildman–Crippen MR) is 83.1 cm³/mol. The van der Waals surface area contributed by atoms with E-state index in [9.17, 15) is 0 Å². The summed E-state index contributed by atoms with van der Waals surface area (Å²) >= 11 is 0. The van der Waals surface area contributed by atoms with Crippen LogP contribution in [-0.4, -0.2) is 50.7 Å². The molecule has 0 aliphatic carbocycles. The summed E-state index contributed by atoms with van der Waals surface area (Å²) in [4.78, 5) is 4.80. The molecule has 3 nitrogen and oxygen atoms in total. The van der Waals surface area contributed by atoms with E-state index < -0.39 is 0 Å². The third-order valence-electron chi connectivity index (χ3n) is 3.96. The van der Waals surface area contributed by atoms with E-state index in [0.29, 0.717) is 12.1 Å². The summed E-state index contributed by atoms with van der Waals surface area (Å²) in [6, 6.07) is 7.71. The van der Waals surface area contributed by atoms with Gasteiger partial charge >= 0.3 is 0 Å². The second-order valence-electron chi connectivity index (χ2n) is 6.15. The molecule has 0 aromatic heterocycles. The average molecular weight is 261 g/mol. The van der Waals surface area contributed by atoms with Gasteiger partial charge in [-0.3, -0.25) is 0 Å². The van der Waals surface area contributed by atoms with Gasteiger partial charge in [-0.25, -0.2) is 0 Å². The summed E-state index contributed by atoms with van der Waals surface area (Å²) < 4.78 is 0. The third kappa shape index (κ3) is 3.48. The molecule has 0 spiro atoms. The molecule has 3 heteroatoms. The van der Waals surface area contributed by atoms with E-state index in [1.165, 1.54) is 16.8 Å². The third-order valence-corrected chi connectivity index (χ3v) is 3.96. The van der Waals surface area contributed by atoms with Crippen LogP contribution in [0.5, 0.6) is 0 Å². The molecule has 1 N–H and O–H groups in total. The van der Waals surface area contributed by atoms with Crippen LogP contribution in [0.15, 0.2) is 18.2 Å². The van der Waals surface area contributed by atoms with Crippen molar-refractivity contribution in [1.82, 2.24) is 10.2 Å². The lowest BCUT2D eigenvalue weighted by Crippen LogP contribution is -2.58. The number of nitrogens with one attached hydrogen (secondary N) is 1. The molecule has 2 atom stereocenters.